The van der Waals surface area contributed by atoms with Crippen LogP contribution < -0.4 is 5.73 Å². The lowest BCUT2D eigenvalue weighted by Crippen LogP contribution is -2.51. The van der Waals surface area contributed by atoms with Crippen molar-refractivity contribution in [2.45, 2.75) is 38.1 Å². The minimum absolute atomic E-state index is 0.428. The summed E-state index contributed by atoms with van der Waals surface area (Å²) >= 11 is 0. The molecule has 0 bridgehead atoms. The summed E-state index contributed by atoms with van der Waals surface area (Å²) in [5.74, 6) is 1.37. The van der Waals surface area contributed by atoms with E-state index in [0.29, 0.717) is 11.7 Å². The van der Waals surface area contributed by atoms with E-state index in [4.69, 9.17) is 10.3 Å². The fourth-order valence-electron chi connectivity index (χ4n) is 2.26. The normalized spacial score (nSPS) is 27.2. The van der Waals surface area contributed by atoms with Crippen LogP contribution in [0.1, 0.15) is 37.9 Å². The standard InChI is InChI=1S/C11H20N4O/c1-3-5-9-13-10(14-16-9)11(12)6-4-7-15(2)8-11/h3-8,12H2,1-2H3. The van der Waals surface area contributed by atoms with Crippen LogP contribution in [-0.4, -0.2) is 35.2 Å². The van der Waals surface area contributed by atoms with Gasteiger partial charge in [-0.25, -0.2) is 0 Å². The van der Waals surface area contributed by atoms with Crippen LogP contribution >= 0.6 is 0 Å². The van der Waals surface area contributed by atoms with Gasteiger partial charge in [0.15, 0.2) is 5.82 Å². The molecule has 0 spiro atoms. The third-order valence-electron chi connectivity index (χ3n) is 3.09. The maximum Gasteiger partial charge on any atom is 0.226 e. The minimum Gasteiger partial charge on any atom is -0.339 e. The molecule has 2 N–H and O–H groups in total. The van der Waals surface area contributed by atoms with Gasteiger partial charge in [-0.15, -0.1) is 0 Å². The highest BCUT2D eigenvalue weighted by molar-refractivity contribution is 5.07. The first-order valence-corrected chi connectivity index (χ1v) is 5.94. The highest BCUT2D eigenvalue weighted by Crippen LogP contribution is 2.26. The average molecular weight is 224 g/mol. The number of likely N-dealkylation sites (N-methyl/N-ethyl adjacent to an activating group) is 1. The number of nitrogens with two attached hydrogens (primary N) is 1. The zero-order chi connectivity index (χ0) is 11.6. The Balaban J connectivity index is 2.14. The molecule has 1 saturated heterocycles. The molecule has 1 aromatic rings. The van der Waals surface area contributed by atoms with Gasteiger partial charge < -0.3 is 15.2 Å². The highest BCUT2D eigenvalue weighted by atomic mass is 16.5. The summed E-state index contributed by atoms with van der Waals surface area (Å²) in [5, 5.41) is 4.03. The van der Waals surface area contributed by atoms with E-state index in [-0.39, 0.29) is 0 Å². The number of aromatic nitrogens is 2. The lowest BCUT2D eigenvalue weighted by atomic mass is 9.90. The summed E-state index contributed by atoms with van der Waals surface area (Å²) in [6.45, 7) is 3.99. The number of hydrogen-bond acceptors (Lipinski definition) is 5. The minimum atomic E-state index is -0.428. The largest absolute Gasteiger partial charge is 0.339 e. The van der Waals surface area contributed by atoms with Gasteiger partial charge in [-0.1, -0.05) is 12.1 Å². The molecule has 1 unspecified atom stereocenters. The number of hydrogen-bond donors (Lipinski definition) is 1. The molecule has 90 valence electrons. The third kappa shape index (κ3) is 2.25. The van der Waals surface area contributed by atoms with Crippen molar-refractivity contribution >= 4 is 0 Å². The van der Waals surface area contributed by atoms with Crippen molar-refractivity contribution in [3.8, 4) is 0 Å². The summed E-state index contributed by atoms with van der Waals surface area (Å²) in [6, 6.07) is 0. The molecule has 1 fully saturated rings. The van der Waals surface area contributed by atoms with E-state index in [1.165, 1.54) is 0 Å². The molecule has 2 heterocycles. The molecule has 16 heavy (non-hydrogen) atoms. The summed E-state index contributed by atoms with van der Waals surface area (Å²) in [7, 11) is 2.08. The lowest BCUT2D eigenvalue weighted by Gasteiger charge is -2.35. The average Bonchev–Trinajstić information content (AvgIpc) is 2.67. The Morgan fingerprint density at radius 2 is 2.38 bits per heavy atom. The van der Waals surface area contributed by atoms with Gasteiger partial charge in [0.05, 0.1) is 5.54 Å². The van der Waals surface area contributed by atoms with Crippen molar-refractivity contribution in [3.63, 3.8) is 0 Å². The Morgan fingerprint density at radius 3 is 3.06 bits per heavy atom. The Morgan fingerprint density at radius 1 is 1.56 bits per heavy atom. The number of rotatable bonds is 3. The van der Waals surface area contributed by atoms with Crippen LogP contribution in [0.25, 0.3) is 0 Å². The van der Waals surface area contributed by atoms with Gasteiger partial charge in [0.25, 0.3) is 0 Å². The summed E-state index contributed by atoms with van der Waals surface area (Å²) in [5.41, 5.74) is 5.93. The van der Waals surface area contributed by atoms with E-state index in [0.717, 1.165) is 38.8 Å². The Bertz CT molecular complexity index is 352. The molecule has 0 aromatic carbocycles. The smallest absolute Gasteiger partial charge is 0.226 e. The Hall–Kier alpha value is -0.940. The maximum absolute atomic E-state index is 6.35. The van der Waals surface area contributed by atoms with Gasteiger partial charge in [0.2, 0.25) is 5.89 Å². The van der Waals surface area contributed by atoms with Crippen LogP contribution in [0, 0.1) is 0 Å². The first-order valence-electron chi connectivity index (χ1n) is 5.94. The molecule has 1 aliphatic heterocycles. The number of nitrogens with zero attached hydrogens (tertiary/aromatic N) is 3. The molecule has 0 radical (unpaired) electrons. The van der Waals surface area contributed by atoms with Gasteiger partial charge in [0, 0.05) is 13.0 Å². The molecule has 5 nitrogen and oxygen atoms in total. The molecule has 1 aromatic heterocycles. The Kier molecular flexibility index (Phi) is 3.25. The monoisotopic (exact) mass is 224 g/mol. The number of aryl methyl sites for hydroxylation is 1. The molecule has 0 aliphatic carbocycles. The van der Waals surface area contributed by atoms with Crippen molar-refractivity contribution in [1.29, 1.82) is 0 Å². The zero-order valence-corrected chi connectivity index (χ0v) is 10.1. The molecular weight excluding hydrogens is 204 g/mol. The lowest BCUT2D eigenvalue weighted by molar-refractivity contribution is 0.169. The van der Waals surface area contributed by atoms with Crippen LogP contribution in [-0.2, 0) is 12.0 Å². The van der Waals surface area contributed by atoms with Gasteiger partial charge in [-0.2, -0.15) is 4.98 Å². The number of piperidine rings is 1. The van der Waals surface area contributed by atoms with E-state index in [1.807, 2.05) is 0 Å². The van der Waals surface area contributed by atoms with Crippen LogP contribution in [0.5, 0.6) is 0 Å². The first-order chi connectivity index (χ1) is 7.64. The molecule has 1 aliphatic rings. The molecular formula is C11H20N4O. The maximum atomic E-state index is 6.35. The molecule has 1 atom stereocenters. The van der Waals surface area contributed by atoms with E-state index in [9.17, 15) is 0 Å². The predicted molar refractivity (Wildman–Crippen MR) is 60.9 cm³/mol. The molecule has 5 heteroatoms. The van der Waals surface area contributed by atoms with E-state index in [1.54, 1.807) is 0 Å². The van der Waals surface area contributed by atoms with Crippen molar-refractivity contribution in [3.05, 3.63) is 11.7 Å². The number of likely N-dealkylation sites (tertiary alicyclic amines) is 1. The van der Waals surface area contributed by atoms with E-state index >= 15 is 0 Å². The van der Waals surface area contributed by atoms with Crippen molar-refractivity contribution in [2.75, 3.05) is 20.1 Å². The van der Waals surface area contributed by atoms with E-state index < -0.39 is 5.54 Å². The molecule has 0 saturated carbocycles. The molecule has 2 rings (SSSR count). The quantitative estimate of drug-likeness (QED) is 0.826. The van der Waals surface area contributed by atoms with Gasteiger partial charge in [-0.3, -0.25) is 0 Å². The summed E-state index contributed by atoms with van der Waals surface area (Å²) in [6.07, 6.45) is 3.87. The van der Waals surface area contributed by atoms with E-state index in [2.05, 4.69) is 29.0 Å². The fourth-order valence-corrected chi connectivity index (χ4v) is 2.26. The van der Waals surface area contributed by atoms with Crippen LogP contribution in [0.3, 0.4) is 0 Å². The van der Waals surface area contributed by atoms with Crippen molar-refractivity contribution < 1.29 is 4.52 Å². The fraction of sp³-hybridized carbons (Fsp3) is 0.818. The summed E-state index contributed by atoms with van der Waals surface area (Å²) < 4.78 is 5.20. The van der Waals surface area contributed by atoms with Gasteiger partial charge in [-0.05, 0) is 32.9 Å². The van der Waals surface area contributed by atoms with Crippen LogP contribution in [0.4, 0.5) is 0 Å². The third-order valence-corrected chi connectivity index (χ3v) is 3.09. The van der Waals surface area contributed by atoms with Crippen LogP contribution in [0.15, 0.2) is 4.52 Å². The second kappa shape index (κ2) is 4.51. The first kappa shape index (κ1) is 11.5. The second-order valence-corrected chi connectivity index (χ2v) is 4.76. The highest BCUT2D eigenvalue weighted by Gasteiger charge is 2.36. The predicted octanol–water partition coefficient (Wildman–Crippen LogP) is 0.902. The topological polar surface area (TPSA) is 68.2 Å². The van der Waals surface area contributed by atoms with Crippen LogP contribution in [0.2, 0.25) is 0 Å². The zero-order valence-electron chi connectivity index (χ0n) is 10.1. The van der Waals surface area contributed by atoms with Gasteiger partial charge >= 0.3 is 0 Å². The summed E-state index contributed by atoms with van der Waals surface area (Å²) in [4.78, 5) is 6.62. The second-order valence-electron chi connectivity index (χ2n) is 4.76. The van der Waals surface area contributed by atoms with Gasteiger partial charge in [0.1, 0.15) is 0 Å². The van der Waals surface area contributed by atoms with Crippen molar-refractivity contribution in [1.82, 2.24) is 15.0 Å². The SMILES string of the molecule is CCCc1nc(C2(N)CCCN(C)C2)no1. The van der Waals surface area contributed by atoms with Crippen molar-refractivity contribution in [2.24, 2.45) is 5.73 Å². The molecule has 0 amide bonds. The Labute approximate surface area is 96.0 Å².